The molecule has 1 aromatic rings. The van der Waals surface area contributed by atoms with Crippen LogP contribution in [0.1, 0.15) is 50.5 Å². The Labute approximate surface area is 138 Å². The summed E-state index contributed by atoms with van der Waals surface area (Å²) >= 11 is 0. The summed E-state index contributed by atoms with van der Waals surface area (Å²) in [5.41, 5.74) is 7.66. The molecule has 0 unspecified atom stereocenters. The van der Waals surface area contributed by atoms with Crippen molar-refractivity contribution in [3.8, 4) is 0 Å². The van der Waals surface area contributed by atoms with E-state index in [0.29, 0.717) is 18.0 Å². The van der Waals surface area contributed by atoms with Crippen LogP contribution in [0.25, 0.3) is 0 Å². The summed E-state index contributed by atoms with van der Waals surface area (Å²) in [4.78, 5) is 23.5. The van der Waals surface area contributed by atoms with Crippen molar-refractivity contribution < 1.29 is 9.59 Å². The maximum Gasteiger partial charge on any atom is 0.238 e. The minimum absolute atomic E-state index is 0.0426. The van der Waals surface area contributed by atoms with Crippen molar-refractivity contribution in [2.75, 3.05) is 17.2 Å². The average molecular weight is 317 g/mol. The second kappa shape index (κ2) is 8.67. The van der Waals surface area contributed by atoms with Gasteiger partial charge in [0.05, 0.1) is 6.54 Å². The number of nitrogens with two attached hydrogens (primary N) is 1. The van der Waals surface area contributed by atoms with E-state index in [1.54, 1.807) is 12.1 Å². The van der Waals surface area contributed by atoms with Gasteiger partial charge in [0, 0.05) is 17.8 Å². The molecule has 0 heterocycles. The number of amides is 2. The molecule has 1 aromatic carbocycles. The van der Waals surface area contributed by atoms with Crippen molar-refractivity contribution >= 4 is 23.2 Å². The molecule has 5 heteroatoms. The van der Waals surface area contributed by atoms with Gasteiger partial charge in [-0.15, -0.1) is 0 Å². The lowest BCUT2D eigenvalue weighted by molar-refractivity contribution is -0.116. The van der Waals surface area contributed by atoms with E-state index in [0.717, 1.165) is 17.7 Å². The number of nitrogens with one attached hydrogen (secondary N) is 2. The molecule has 0 aliphatic heterocycles. The summed E-state index contributed by atoms with van der Waals surface area (Å²) in [7, 11) is 0. The monoisotopic (exact) mass is 317 g/mol. The largest absolute Gasteiger partial charge is 0.326 e. The van der Waals surface area contributed by atoms with Gasteiger partial charge in [0.2, 0.25) is 11.8 Å². The molecular weight excluding hydrogens is 290 g/mol. The predicted octanol–water partition coefficient (Wildman–Crippen LogP) is 3.19. The van der Waals surface area contributed by atoms with Crippen LogP contribution in [0.4, 0.5) is 11.4 Å². The molecule has 2 amide bonds. The molecule has 2 rings (SSSR count). The zero-order valence-electron chi connectivity index (χ0n) is 13.9. The molecular formula is C18H27N3O2. The number of hydrogen-bond donors (Lipinski definition) is 3. The van der Waals surface area contributed by atoms with Gasteiger partial charge in [-0.1, -0.05) is 38.2 Å². The highest BCUT2D eigenvalue weighted by atomic mass is 16.2. The van der Waals surface area contributed by atoms with E-state index in [2.05, 4.69) is 10.6 Å². The van der Waals surface area contributed by atoms with Crippen molar-refractivity contribution in [3.05, 3.63) is 23.8 Å². The lowest BCUT2D eigenvalue weighted by atomic mass is 9.86. The van der Waals surface area contributed by atoms with Crippen LogP contribution < -0.4 is 16.4 Å². The van der Waals surface area contributed by atoms with Gasteiger partial charge in [0.1, 0.15) is 0 Å². The van der Waals surface area contributed by atoms with Crippen molar-refractivity contribution in [2.24, 2.45) is 11.7 Å². The fourth-order valence-corrected chi connectivity index (χ4v) is 3.07. The van der Waals surface area contributed by atoms with Gasteiger partial charge in [-0.2, -0.15) is 0 Å². The van der Waals surface area contributed by atoms with Gasteiger partial charge in [-0.25, -0.2) is 0 Å². The fourth-order valence-electron chi connectivity index (χ4n) is 3.07. The molecule has 0 radical (unpaired) electrons. The van der Waals surface area contributed by atoms with Gasteiger partial charge in [0.25, 0.3) is 0 Å². The van der Waals surface area contributed by atoms with Crippen molar-refractivity contribution in [1.29, 1.82) is 0 Å². The van der Waals surface area contributed by atoms with Gasteiger partial charge in [-0.3, -0.25) is 9.59 Å². The Morgan fingerprint density at radius 1 is 1.13 bits per heavy atom. The van der Waals surface area contributed by atoms with E-state index in [1.807, 2.05) is 13.0 Å². The molecule has 1 aliphatic carbocycles. The first-order chi connectivity index (χ1) is 11.1. The van der Waals surface area contributed by atoms with Gasteiger partial charge in [0.15, 0.2) is 0 Å². The van der Waals surface area contributed by atoms with E-state index < -0.39 is 0 Å². The van der Waals surface area contributed by atoms with E-state index in [4.69, 9.17) is 5.73 Å². The Balaban J connectivity index is 1.88. The Hall–Kier alpha value is -1.88. The molecule has 0 aromatic heterocycles. The van der Waals surface area contributed by atoms with Gasteiger partial charge in [-0.05, 0) is 37.0 Å². The third-order valence-electron chi connectivity index (χ3n) is 4.49. The summed E-state index contributed by atoms with van der Waals surface area (Å²) < 4.78 is 0. The van der Waals surface area contributed by atoms with E-state index in [9.17, 15) is 9.59 Å². The van der Waals surface area contributed by atoms with Crippen LogP contribution in [-0.4, -0.2) is 18.4 Å². The van der Waals surface area contributed by atoms with Crippen molar-refractivity contribution in [2.45, 2.75) is 51.9 Å². The number of carbonyl (C=O) groups excluding carboxylic acids is 2. The lowest BCUT2D eigenvalue weighted by Gasteiger charge is -2.21. The second-order valence-electron chi connectivity index (χ2n) is 6.37. The molecule has 0 saturated heterocycles. The minimum Gasteiger partial charge on any atom is -0.326 e. The van der Waals surface area contributed by atoms with Crippen molar-refractivity contribution in [1.82, 2.24) is 0 Å². The quantitative estimate of drug-likeness (QED) is 0.753. The van der Waals surface area contributed by atoms with Crippen LogP contribution in [0.5, 0.6) is 0 Å². The maximum atomic E-state index is 12.2. The molecule has 0 bridgehead atoms. The molecule has 4 N–H and O–H groups in total. The molecule has 1 fully saturated rings. The summed E-state index contributed by atoms with van der Waals surface area (Å²) in [6.45, 7) is 1.88. The average Bonchev–Trinajstić information content (AvgIpc) is 2.57. The molecule has 0 spiro atoms. The summed E-state index contributed by atoms with van der Waals surface area (Å²) in [5.74, 6) is 0.496. The maximum absolute atomic E-state index is 12.2. The Morgan fingerprint density at radius 3 is 2.57 bits per heavy atom. The van der Waals surface area contributed by atoms with Crippen LogP contribution in [0.3, 0.4) is 0 Å². The summed E-state index contributed by atoms with van der Waals surface area (Å²) in [6, 6.07) is 5.46. The highest BCUT2D eigenvalue weighted by Gasteiger charge is 2.15. The molecule has 1 aliphatic rings. The zero-order valence-corrected chi connectivity index (χ0v) is 13.9. The summed E-state index contributed by atoms with van der Waals surface area (Å²) in [6.07, 6.45) is 7.98. The standard InChI is InChI=1S/C18H27N3O2/c1-13-7-9-15(20-18(23)12-19)11-16(13)21-17(22)10-8-14-5-3-2-4-6-14/h7,9,11,14H,2-6,8,10,12,19H2,1H3,(H,20,23)(H,21,22). The third-order valence-corrected chi connectivity index (χ3v) is 4.49. The first-order valence-corrected chi connectivity index (χ1v) is 8.49. The van der Waals surface area contributed by atoms with Gasteiger partial charge >= 0.3 is 0 Å². The number of benzene rings is 1. The Morgan fingerprint density at radius 2 is 1.87 bits per heavy atom. The topological polar surface area (TPSA) is 84.2 Å². The third kappa shape index (κ3) is 5.67. The number of aryl methyl sites for hydroxylation is 1. The van der Waals surface area contributed by atoms with Crippen LogP contribution in [0, 0.1) is 12.8 Å². The highest BCUT2D eigenvalue weighted by molar-refractivity contribution is 5.95. The van der Waals surface area contributed by atoms with Gasteiger partial charge < -0.3 is 16.4 Å². The SMILES string of the molecule is Cc1ccc(NC(=O)CN)cc1NC(=O)CCC1CCCCC1. The van der Waals surface area contributed by atoms with E-state index in [1.165, 1.54) is 32.1 Å². The first kappa shape index (κ1) is 17.5. The van der Waals surface area contributed by atoms with Crippen LogP contribution >= 0.6 is 0 Å². The van der Waals surface area contributed by atoms with Crippen molar-refractivity contribution in [3.63, 3.8) is 0 Å². The van der Waals surface area contributed by atoms with Crippen LogP contribution in [0.2, 0.25) is 0 Å². The first-order valence-electron chi connectivity index (χ1n) is 8.49. The fraction of sp³-hybridized carbons (Fsp3) is 0.556. The molecule has 5 nitrogen and oxygen atoms in total. The number of hydrogen-bond acceptors (Lipinski definition) is 3. The number of rotatable bonds is 6. The number of carbonyl (C=O) groups is 2. The predicted molar refractivity (Wildman–Crippen MR) is 93.3 cm³/mol. The second-order valence-corrected chi connectivity index (χ2v) is 6.37. The molecule has 1 saturated carbocycles. The normalized spacial score (nSPS) is 15.2. The minimum atomic E-state index is -0.247. The molecule has 126 valence electrons. The van der Waals surface area contributed by atoms with Crippen LogP contribution in [-0.2, 0) is 9.59 Å². The van der Waals surface area contributed by atoms with E-state index in [-0.39, 0.29) is 18.4 Å². The van der Waals surface area contributed by atoms with E-state index >= 15 is 0 Å². The molecule has 0 atom stereocenters. The highest BCUT2D eigenvalue weighted by Crippen LogP contribution is 2.27. The smallest absolute Gasteiger partial charge is 0.238 e. The molecule has 23 heavy (non-hydrogen) atoms. The summed E-state index contributed by atoms with van der Waals surface area (Å²) in [5, 5.41) is 5.66. The zero-order chi connectivity index (χ0) is 16.7. The Kier molecular flexibility index (Phi) is 6.59. The lowest BCUT2D eigenvalue weighted by Crippen LogP contribution is -2.22. The van der Waals surface area contributed by atoms with Crippen LogP contribution in [0.15, 0.2) is 18.2 Å². The Bertz CT molecular complexity index is 551. The number of anilines is 2.